The van der Waals surface area contributed by atoms with Crippen LogP contribution in [0.2, 0.25) is 0 Å². The molecule has 7 nitrogen and oxygen atoms in total. The highest BCUT2D eigenvalue weighted by atomic mass is 16.2. The topological polar surface area (TPSA) is 99.8 Å². The molecule has 0 radical (unpaired) electrons. The van der Waals surface area contributed by atoms with Crippen LogP contribution in [0.5, 0.6) is 0 Å². The van der Waals surface area contributed by atoms with Crippen LogP contribution in [0.4, 0.5) is 5.69 Å². The second-order valence-corrected chi connectivity index (χ2v) is 5.88. The molecule has 1 aromatic heterocycles. The maximum absolute atomic E-state index is 12.2. The zero-order chi connectivity index (χ0) is 19.1. The Bertz CT molecular complexity index is 951. The molecule has 0 spiro atoms. The number of benzene rings is 2. The lowest BCUT2D eigenvalue weighted by molar-refractivity contribution is -0.120. The van der Waals surface area contributed by atoms with Crippen molar-refractivity contribution >= 4 is 17.5 Å². The van der Waals surface area contributed by atoms with Crippen molar-refractivity contribution in [1.29, 1.82) is 0 Å². The lowest BCUT2D eigenvalue weighted by atomic mass is 10.1. The Morgan fingerprint density at radius 3 is 2.70 bits per heavy atom. The van der Waals surface area contributed by atoms with Crippen LogP contribution in [-0.4, -0.2) is 27.0 Å². The first-order valence-corrected chi connectivity index (χ1v) is 8.38. The average Bonchev–Trinajstić information content (AvgIpc) is 3.22. The number of rotatable bonds is 7. The molecule has 7 heteroatoms. The van der Waals surface area contributed by atoms with Gasteiger partial charge >= 0.3 is 0 Å². The van der Waals surface area contributed by atoms with E-state index in [1.165, 1.54) is 12.4 Å². The standard InChI is InChI=1S/C20H19N5O2/c1-2-18(26)24-17-8-4-5-14(10-17)11-19(27)21-12-15-6-3-7-16(9-15)20-22-13-23-25-20/h2-10,13H,1,11-12H2,(H,21,27)(H,24,26)(H,22,23,25). The summed E-state index contributed by atoms with van der Waals surface area (Å²) in [6.45, 7) is 3.83. The van der Waals surface area contributed by atoms with Crippen LogP contribution in [0.25, 0.3) is 11.4 Å². The van der Waals surface area contributed by atoms with E-state index in [1.54, 1.807) is 18.2 Å². The third-order valence-corrected chi connectivity index (χ3v) is 3.85. The van der Waals surface area contributed by atoms with Gasteiger partial charge in [-0.2, -0.15) is 5.10 Å². The first-order valence-electron chi connectivity index (χ1n) is 8.38. The number of nitrogens with one attached hydrogen (secondary N) is 3. The lowest BCUT2D eigenvalue weighted by Gasteiger charge is -2.08. The van der Waals surface area contributed by atoms with Crippen molar-refractivity contribution in [3.8, 4) is 11.4 Å². The van der Waals surface area contributed by atoms with Gasteiger partial charge in [-0.1, -0.05) is 36.9 Å². The Hall–Kier alpha value is -3.74. The second kappa shape index (κ2) is 8.57. The lowest BCUT2D eigenvalue weighted by Crippen LogP contribution is -2.24. The van der Waals surface area contributed by atoms with Crippen LogP contribution in [0, 0.1) is 0 Å². The number of aromatic amines is 1. The largest absolute Gasteiger partial charge is 0.352 e. The van der Waals surface area contributed by atoms with Crippen LogP contribution in [0.1, 0.15) is 11.1 Å². The molecular formula is C20H19N5O2. The van der Waals surface area contributed by atoms with Gasteiger partial charge in [0, 0.05) is 17.8 Å². The molecule has 0 saturated heterocycles. The van der Waals surface area contributed by atoms with E-state index in [9.17, 15) is 9.59 Å². The normalized spacial score (nSPS) is 10.2. The SMILES string of the molecule is C=CC(=O)Nc1cccc(CC(=O)NCc2cccc(-c3ncn[nH]3)c2)c1. The minimum atomic E-state index is -0.289. The molecule has 0 aliphatic rings. The van der Waals surface area contributed by atoms with Gasteiger partial charge in [0.25, 0.3) is 0 Å². The molecule has 3 aromatic rings. The van der Waals surface area contributed by atoms with Gasteiger partial charge in [0.15, 0.2) is 5.82 Å². The summed E-state index contributed by atoms with van der Waals surface area (Å²) in [7, 11) is 0. The summed E-state index contributed by atoms with van der Waals surface area (Å²) >= 11 is 0. The summed E-state index contributed by atoms with van der Waals surface area (Å²) < 4.78 is 0. The number of anilines is 1. The minimum Gasteiger partial charge on any atom is -0.352 e. The molecule has 0 fully saturated rings. The molecule has 136 valence electrons. The molecule has 0 atom stereocenters. The summed E-state index contributed by atoms with van der Waals surface area (Å²) in [6, 6.07) is 14.9. The Morgan fingerprint density at radius 1 is 1.11 bits per heavy atom. The number of H-pyrrole nitrogens is 1. The van der Waals surface area contributed by atoms with Gasteiger partial charge in [-0.25, -0.2) is 4.98 Å². The minimum absolute atomic E-state index is 0.104. The van der Waals surface area contributed by atoms with Gasteiger partial charge in [0.2, 0.25) is 11.8 Å². The smallest absolute Gasteiger partial charge is 0.247 e. The summed E-state index contributed by atoms with van der Waals surface area (Å²) in [4.78, 5) is 27.7. The van der Waals surface area contributed by atoms with E-state index < -0.39 is 0 Å². The van der Waals surface area contributed by atoms with Gasteiger partial charge in [-0.3, -0.25) is 14.7 Å². The summed E-state index contributed by atoms with van der Waals surface area (Å²) in [5, 5.41) is 12.2. The van der Waals surface area contributed by atoms with Gasteiger partial charge in [-0.15, -0.1) is 0 Å². The monoisotopic (exact) mass is 361 g/mol. The molecule has 0 unspecified atom stereocenters. The number of nitrogens with zero attached hydrogens (tertiary/aromatic N) is 2. The highest BCUT2D eigenvalue weighted by Gasteiger charge is 2.06. The van der Waals surface area contributed by atoms with E-state index in [2.05, 4.69) is 32.4 Å². The fourth-order valence-electron chi connectivity index (χ4n) is 2.57. The molecule has 0 aliphatic heterocycles. The third kappa shape index (κ3) is 5.12. The van der Waals surface area contributed by atoms with Gasteiger partial charge < -0.3 is 10.6 Å². The zero-order valence-electron chi connectivity index (χ0n) is 14.6. The molecule has 2 amide bonds. The molecule has 1 heterocycles. The van der Waals surface area contributed by atoms with Gasteiger partial charge in [-0.05, 0) is 35.4 Å². The first kappa shape index (κ1) is 18.1. The van der Waals surface area contributed by atoms with E-state index in [0.29, 0.717) is 18.1 Å². The number of hydrogen-bond donors (Lipinski definition) is 3. The van der Waals surface area contributed by atoms with E-state index in [-0.39, 0.29) is 18.2 Å². The summed E-state index contributed by atoms with van der Waals surface area (Å²) in [6.07, 6.45) is 2.88. The molecule has 3 N–H and O–H groups in total. The fraction of sp³-hybridized carbons (Fsp3) is 0.100. The molecule has 27 heavy (non-hydrogen) atoms. The van der Waals surface area contributed by atoms with Crippen LogP contribution in [0.3, 0.4) is 0 Å². The summed E-state index contributed by atoms with van der Waals surface area (Å²) in [5.74, 6) is 0.289. The summed E-state index contributed by atoms with van der Waals surface area (Å²) in [5.41, 5.74) is 3.31. The molecule has 0 saturated carbocycles. The van der Waals surface area contributed by atoms with Crippen molar-refractivity contribution in [2.75, 3.05) is 5.32 Å². The highest BCUT2D eigenvalue weighted by Crippen LogP contribution is 2.15. The third-order valence-electron chi connectivity index (χ3n) is 3.85. The predicted octanol–water partition coefficient (Wildman–Crippen LogP) is 2.46. The quantitative estimate of drug-likeness (QED) is 0.563. The van der Waals surface area contributed by atoms with Crippen LogP contribution < -0.4 is 10.6 Å². The molecule has 0 aliphatic carbocycles. The predicted molar refractivity (Wildman–Crippen MR) is 103 cm³/mol. The van der Waals surface area contributed by atoms with Crippen molar-refractivity contribution in [3.05, 3.63) is 78.6 Å². The molecule has 0 bridgehead atoms. The number of carbonyl (C=O) groups excluding carboxylic acids is 2. The number of carbonyl (C=O) groups is 2. The Balaban J connectivity index is 1.57. The van der Waals surface area contributed by atoms with Crippen LogP contribution in [-0.2, 0) is 22.6 Å². The Kier molecular flexibility index (Phi) is 5.73. The fourth-order valence-corrected chi connectivity index (χ4v) is 2.57. The number of hydrogen-bond acceptors (Lipinski definition) is 4. The molecule has 3 rings (SSSR count). The zero-order valence-corrected chi connectivity index (χ0v) is 14.6. The number of amides is 2. The van der Waals surface area contributed by atoms with Crippen molar-refractivity contribution in [1.82, 2.24) is 20.5 Å². The van der Waals surface area contributed by atoms with E-state index >= 15 is 0 Å². The van der Waals surface area contributed by atoms with Gasteiger partial charge in [0.1, 0.15) is 6.33 Å². The first-order chi connectivity index (χ1) is 13.1. The maximum Gasteiger partial charge on any atom is 0.247 e. The van der Waals surface area contributed by atoms with Crippen molar-refractivity contribution in [2.24, 2.45) is 0 Å². The van der Waals surface area contributed by atoms with E-state index in [4.69, 9.17) is 0 Å². The van der Waals surface area contributed by atoms with Crippen LogP contribution in [0.15, 0.2) is 67.5 Å². The average molecular weight is 361 g/mol. The van der Waals surface area contributed by atoms with E-state index in [1.807, 2.05) is 30.3 Å². The van der Waals surface area contributed by atoms with Crippen molar-refractivity contribution in [3.63, 3.8) is 0 Å². The van der Waals surface area contributed by atoms with E-state index in [0.717, 1.165) is 16.7 Å². The van der Waals surface area contributed by atoms with Crippen molar-refractivity contribution in [2.45, 2.75) is 13.0 Å². The Morgan fingerprint density at radius 2 is 1.93 bits per heavy atom. The maximum atomic E-state index is 12.2. The molecular weight excluding hydrogens is 342 g/mol. The van der Waals surface area contributed by atoms with Crippen molar-refractivity contribution < 1.29 is 9.59 Å². The second-order valence-electron chi connectivity index (χ2n) is 5.88. The van der Waals surface area contributed by atoms with Gasteiger partial charge in [0.05, 0.1) is 6.42 Å². The number of aromatic nitrogens is 3. The van der Waals surface area contributed by atoms with Crippen LogP contribution >= 0.6 is 0 Å². The highest BCUT2D eigenvalue weighted by molar-refractivity contribution is 5.98. The molecule has 2 aromatic carbocycles. The Labute approximate surface area is 156 Å².